The monoisotopic (exact) mass is 271 g/mol. The molecule has 0 bridgehead atoms. The fourth-order valence-electron chi connectivity index (χ4n) is 1.77. The molecule has 0 radical (unpaired) electrons. The lowest BCUT2D eigenvalue weighted by atomic mass is 10.3. The van der Waals surface area contributed by atoms with Crippen molar-refractivity contribution in [2.45, 2.75) is 6.54 Å². The zero-order valence-electron chi connectivity index (χ0n) is 10.1. The Labute approximate surface area is 110 Å². The topological polar surface area (TPSA) is 78.6 Å². The van der Waals surface area contributed by atoms with Crippen LogP contribution in [0.2, 0.25) is 0 Å². The van der Waals surface area contributed by atoms with Gasteiger partial charge in [0.1, 0.15) is 0 Å². The van der Waals surface area contributed by atoms with Crippen LogP contribution in [0, 0.1) is 0 Å². The van der Waals surface area contributed by atoms with Crippen molar-refractivity contribution in [1.29, 1.82) is 0 Å². The van der Waals surface area contributed by atoms with E-state index < -0.39 is 5.97 Å². The maximum Gasteiger partial charge on any atom is 0.358 e. The molecule has 2 N–H and O–H groups in total. The Balaban J connectivity index is 1.63. The Morgan fingerprint density at radius 1 is 1.56 bits per heavy atom. The third-order valence-corrected chi connectivity index (χ3v) is 3.73. The molecule has 2 rings (SSSR count). The van der Waals surface area contributed by atoms with Gasteiger partial charge in [0.25, 0.3) is 0 Å². The highest BCUT2D eigenvalue weighted by atomic mass is 32.2. The molecule has 6 nitrogen and oxygen atoms in total. The van der Waals surface area contributed by atoms with Crippen LogP contribution in [-0.4, -0.2) is 58.8 Å². The third-order valence-electron chi connectivity index (χ3n) is 2.79. The molecule has 1 aliphatic rings. The van der Waals surface area contributed by atoms with E-state index in [2.05, 4.69) is 15.4 Å². The highest BCUT2D eigenvalue weighted by Gasteiger charge is 2.11. The number of nitrogens with zero attached hydrogens (tertiary/aromatic N) is 2. The van der Waals surface area contributed by atoms with Crippen LogP contribution in [-0.2, 0) is 6.54 Å². The summed E-state index contributed by atoms with van der Waals surface area (Å²) in [4.78, 5) is 13.0. The first-order chi connectivity index (χ1) is 8.75. The molecule has 1 saturated heterocycles. The Hall–Kier alpha value is -1.05. The summed E-state index contributed by atoms with van der Waals surface area (Å²) >= 11 is 2.00. The summed E-state index contributed by atoms with van der Waals surface area (Å²) in [6.45, 7) is 4.70. The van der Waals surface area contributed by atoms with E-state index in [0.717, 1.165) is 26.2 Å². The molecule has 1 fully saturated rings. The van der Waals surface area contributed by atoms with E-state index in [1.807, 2.05) is 11.8 Å². The van der Waals surface area contributed by atoms with Crippen LogP contribution in [0.25, 0.3) is 0 Å². The molecule has 0 amide bonds. The normalized spacial score (nSPS) is 16.9. The molecule has 18 heavy (non-hydrogen) atoms. The molecule has 2 heterocycles. The smallest absolute Gasteiger partial charge is 0.358 e. The van der Waals surface area contributed by atoms with Crippen LogP contribution in [0.1, 0.15) is 16.2 Å². The molecular weight excluding hydrogens is 254 g/mol. The first-order valence-corrected chi connectivity index (χ1v) is 7.11. The van der Waals surface area contributed by atoms with Crippen molar-refractivity contribution >= 4 is 17.7 Å². The van der Waals surface area contributed by atoms with E-state index >= 15 is 0 Å². The van der Waals surface area contributed by atoms with E-state index in [4.69, 9.17) is 9.63 Å². The van der Waals surface area contributed by atoms with Gasteiger partial charge >= 0.3 is 5.97 Å². The number of rotatable bonds is 6. The second-order valence-electron chi connectivity index (χ2n) is 4.11. The van der Waals surface area contributed by atoms with E-state index in [1.165, 1.54) is 17.6 Å². The van der Waals surface area contributed by atoms with Crippen LogP contribution < -0.4 is 5.32 Å². The number of carbonyl (C=O) groups is 1. The molecule has 0 atom stereocenters. The van der Waals surface area contributed by atoms with Crippen LogP contribution in [0.5, 0.6) is 0 Å². The predicted octanol–water partition coefficient (Wildman–Crippen LogP) is 0.511. The van der Waals surface area contributed by atoms with Crippen molar-refractivity contribution in [3.8, 4) is 0 Å². The Bertz CT molecular complexity index is 391. The molecule has 1 aromatic rings. The lowest BCUT2D eigenvalue weighted by Crippen LogP contribution is -2.37. The molecule has 0 saturated carbocycles. The molecule has 0 aromatic carbocycles. The van der Waals surface area contributed by atoms with Gasteiger partial charge in [-0.05, 0) is 0 Å². The molecule has 100 valence electrons. The van der Waals surface area contributed by atoms with Gasteiger partial charge in [-0.3, -0.25) is 0 Å². The van der Waals surface area contributed by atoms with Crippen LogP contribution >= 0.6 is 11.8 Å². The number of nitrogens with one attached hydrogen (secondary N) is 1. The number of aromatic nitrogens is 1. The van der Waals surface area contributed by atoms with Crippen molar-refractivity contribution in [3.05, 3.63) is 17.5 Å². The highest BCUT2D eigenvalue weighted by molar-refractivity contribution is 7.99. The molecule has 1 aliphatic heterocycles. The zero-order chi connectivity index (χ0) is 12.8. The van der Waals surface area contributed by atoms with E-state index in [9.17, 15) is 4.79 Å². The molecule has 7 heteroatoms. The number of carboxylic acid groups (broad SMARTS) is 1. The first-order valence-electron chi connectivity index (χ1n) is 5.95. The summed E-state index contributed by atoms with van der Waals surface area (Å²) in [6.07, 6.45) is 0. The van der Waals surface area contributed by atoms with Gasteiger partial charge in [0.15, 0.2) is 11.5 Å². The van der Waals surface area contributed by atoms with Gasteiger partial charge in [-0.2, -0.15) is 11.8 Å². The molecule has 0 spiro atoms. The molecule has 0 aliphatic carbocycles. The fourth-order valence-corrected chi connectivity index (χ4v) is 2.75. The Morgan fingerprint density at radius 3 is 3.00 bits per heavy atom. The van der Waals surface area contributed by atoms with Crippen LogP contribution in [0.3, 0.4) is 0 Å². The zero-order valence-corrected chi connectivity index (χ0v) is 10.9. The van der Waals surface area contributed by atoms with Gasteiger partial charge in [0.05, 0.1) is 6.54 Å². The van der Waals surface area contributed by atoms with E-state index in [0.29, 0.717) is 12.3 Å². The fraction of sp³-hybridized carbons (Fsp3) is 0.636. The van der Waals surface area contributed by atoms with Crippen molar-refractivity contribution in [2.75, 3.05) is 37.7 Å². The number of carboxylic acids is 1. The number of hydrogen-bond donors (Lipinski definition) is 2. The largest absolute Gasteiger partial charge is 0.476 e. The lowest BCUT2D eigenvalue weighted by Gasteiger charge is -2.25. The van der Waals surface area contributed by atoms with Crippen molar-refractivity contribution < 1.29 is 14.4 Å². The van der Waals surface area contributed by atoms with E-state index in [1.54, 1.807) is 0 Å². The summed E-state index contributed by atoms with van der Waals surface area (Å²) in [5, 5.41) is 15.4. The Kier molecular flexibility index (Phi) is 5.03. The second-order valence-corrected chi connectivity index (χ2v) is 5.34. The first kappa shape index (κ1) is 13.4. The van der Waals surface area contributed by atoms with Gasteiger partial charge < -0.3 is 19.8 Å². The van der Waals surface area contributed by atoms with E-state index in [-0.39, 0.29) is 5.69 Å². The van der Waals surface area contributed by atoms with Gasteiger partial charge in [-0.15, -0.1) is 0 Å². The minimum absolute atomic E-state index is 0.0418. The average molecular weight is 271 g/mol. The number of thioether (sulfide) groups is 1. The van der Waals surface area contributed by atoms with Gasteiger partial charge in [0.2, 0.25) is 0 Å². The number of hydrogen-bond acceptors (Lipinski definition) is 6. The van der Waals surface area contributed by atoms with Crippen molar-refractivity contribution in [3.63, 3.8) is 0 Å². The Morgan fingerprint density at radius 2 is 2.33 bits per heavy atom. The number of aromatic carboxylic acids is 1. The highest BCUT2D eigenvalue weighted by Crippen LogP contribution is 2.08. The van der Waals surface area contributed by atoms with Crippen molar-refractivity contribution in [1.82, 2.24) is 15.4 Å². The van der Waals surface area contributed by atoms with Gasteiger partial charge in [0, 0.05) is 43.8 Å². The molecular formula is C11H17N3O3S. The SMILES string of the molecule is O=C(O)c1cc(CNCCN2CCSCC2)on1. The summed E-state index contributed by atoms with van der Waals surface area (Å²) in [5.74, 6) is 1.92. The van der Waals surface area contributed by atoms with Crippen LogP contribution in [0.15, 0.2) is 10.6 Å². The lowest BCUT2D eigenvalue weighted by molar-refractivity contribution is 0.0685. The third kappa shape index (κ3) is 4.01. The predicted molar refractivity (Wildman–Crippen MR) is 68.9 cm³/mol. The summed E-state index contributed by atoms with van der Waals surface area (Å²) in [6, 6.07) is 1.45. The maximum atomic E-state index is 10.6. The summed E-state index contributed by atoms with van der Waals surface area (Å²) < 4.78 is 4.91. The summed E-state index contributed by atoms with van der Waals surface area (Å²) in [7, 11) is 0. The second kappa shape index (κ2) is 6.77. The minimum atomic E-state index is -1.06. The minimum Gasteiger partial charge on any atom is -0.476 e. The average Bonchev–Trinajstić information content (AvgIpc) is 2.85. The maximum absolute atomic E-state index is 10.6. The van der Waals surface area contributed by atoms with Crippen molar-refractivity contribution in [2.24, 2.45) is 0 Å². The van der Waals surface area contributed by atoms with Gasteiger partial charge in [-0.25, -0.2) is 4.79 Å². The quantitative estimate of drug-likeness (QED) is 0.730. The molecule has 1 aromatic heterocycles. The molecule has 0 unspecified atom stereocenters. The summed E-state index contributed by atoms with van der Waals surface area (Å²) in [5.41, 5.74) is -0.0418. The van der Waals surface area contributed by atoms with Crippen LogP contribution in [0.4, 0.5) is 0 Å². The van der Waals surface area contributed by atoms with Gasteiger partial charge in [-0.1, -0.05) is 5.16 Å². The standard InChI is InChI=1S/C11H17N3O3S/c15-11(16)10-7-9(17-13-10)8-12-1-2-14-3-5-18-6-4-14/h7,12H,1-6,8H2,(H,15,16).